The zero-order chi connectivity index (χ0) is 18.4. The van der Waals surface area contributed by atoms with E-state index in [1.807, 2.05) is 6.92 Å². The smallest absolute Gasteiger partial charge is 0.219 e. The maximum Gasteiger partial charge on any atom is 0.219 e. The number of ether oxygens (including phenoxy) is 2. The third-order valence-corrected chi connectivity index (χ3v) is 5.94. The lowest BCUT2D eigenvalue weighted by atomic mass is 9.81. The Morgan fingerprint density at radius 1 is 1.08 bits per heavy atom. The minimum absolute atomic E-state index is 0.0569. The number of rotatable bonds is 7. The van der Waals surface area contributed by atoms with E-state index < -0.39 is 0 Å². The standard InChI is InChI=1S/C21H33FN2O2/c1-3-5-6-7-15-13-25-21(26-14-15)18-10-8-17(9-11-18)20-23-12-16(4-2)19(22)24-20/h12,15,17-18,21H,3-11,13-14H2,1-2H3. The van der Waals surface area contributed by atoms with Crippen LogP contribution in [0.4, 0.5) is 4.39 Å². The van der Waals surface area contributed by atoms with Gasteiger partial charge in [-0.15, -0.1) is 0 Å². The molecule has 2 fully saturated rings. The molecule has 4 nitrogen and oxygen atoms in total. The molecule has 0 spiro atoms. The molecular formula is C21H33FN2O2. The molecule has 3 rings (SSSR count). The first-order valence-electron chi connectivity index (χ1n) is 10.5. The van der Waals surface area contributed by atoms with E-state index in [4.69, 9.17) is 9.47 Å². The average molecular weight is 365 g/mol. The Kier molecular flexibility index (Phi) is 7.38. The summed E-state index contributed by atoms with van der Waals surface area (Å²) in [5.41, 5.74) is 0.597. The van der Waals surface area contributed by atoms with Crippen molar-refractivity contribution < 1.29 is 13.9 Å². The Balaban J connectivity index is 1.43. The molecule has 0 N–H and O–H groups in total. The molecular weight excluding hydrogens is 331 g/mol. The molecule has 0 radical (unpaired) electrons. The van der Waals surface area contributed by atoms with Crippen LogP contribution in [0.1, 0.15) is 82.5 Å². The minimum Gasteiger partial charge on any atom is -0.352 e. The molecule has 1 aromatic heterocycles. The zero-order valence-corrected chi connectivity index (χ0v) is 16.3. The van der Waals surface area contributed by atoms with Crippen LogP contribution in [-0.2, 0) is 15.9 Å². The number of aromatic nitrogens is 2. The van der Waals surface area contributed by atoms with E-state index in [2.05, 4.69) is 16.9 Å². The first-order chi connectivity index (χ1) is 12.7. The van der Waals surface area contributed by atoms with Crippen LogP contribution in [0.15, 0.2) is 6.20 Å². The summed E-state index contributed by atoms with van der Waals surface area (Å²) in [6.07, 6.45) is 11.3. The van der Waals surface area contributed by atoms with Gasteiger partial charge in [0.2, 0.25) is 5.95 Å². The largest absolute Gasteiger partial charge is 0.352 e. The Bertz CT molecular complexity index is 553. The van der Waals surface area contributed by atoms with Gasteiger partial charge in [-0.05, 0) is 38.5 Å². The fraction of sp³-hybridized carbons (Fsp3) is 0.810. The summed E-state index contributed by atoms with van der Waals surface area (Å²) in [5, 5.41) is 0. The van der Waals surface area contributed by atoms with Crippen LogP contribution < -0.4 is 0 Å². The summed E-state index contributed by atoms with van der Waals surface area (Å²) >= 11 is 0. The number of hydrogen-bond donors (Lipinski definition) is 0. The van der Waals surface area contributed by atoms with Crippen LogP contribution >= 0.6 is 0 Å². The number of aryl methyl sites for hydroxylation is 1. The van der Waals surface area contributed by atoms with Crippen molar-refractivity contribution in [3.63, 3.8) is 0 Å². The molecule has 1 saturated carbocycles. The van der Waals surface area contributed by atoms with Gasteiger partial charge < -0.3 is 9.47 Å². The van der Waals surface area contributed by atoms with E-state index in [1.165, 1.54) is 25.7 Å². The van der Waals surface area contributed by atoms with Gasteiger partial charge in [0.15, 0.2) is 6.29 Å². The Hall–Kier alpha value is -1.07. The van der Waals surface area contributed by atoms with Crippen LogP contribution in [0.2, 0.25) is 0 Å². The van der Waals surface area contributed by atoms with E-state index in [9.17, 15) is 4.39 Å². The summed E-state index contributed by atoms with van der Waals surface area (Å²) in [6.45, 7) is 5.82. The second-order valence-corrected chi connectivity index (χ2v) is 7.91. The average Bonchev–Trinajstić information content (AvgIpc) is 2.69. The van der Waals surface area contributed by atoms with Gasteiger partial charge in [0.1, 0.15) is 5.82 Å². The Morgan fingerprint density at radius 2 is 1.81 bits per heavy atom. The quantitative estimate of drug-likeness (QED) is 0.503. The van der Waals surface area contributed by atoms with Crippen molar-refractivity contribution in [1.29, 1.82) is 0 Å². The third-order valence-electron chi connectivity index (χ3n) is 5.94. The Morgan fingerprint density at radius 3 is 2.42 bits per heavy atom. The predicted molar refractivity (Wildman–Crippen MR) is 99.4 cm³/mol. The third kappa shape index (κ3) is 5.01. The van der Waals surface area contributed by atoms with Crippen LogP contribution in [0.5, 0.6) is 0 Å². The normalized spacial score (nSPS) is 29.7. The van der Waals surface area contributed by atoms with E-state index >= 15 is 0 Å². The summed E-state index contributed by atoms with van der Waals surface area (Å²) in [5.74, 6) is 1.58. The number of unbranched alkanes of at least 4 members (excludes halogenated alkanes) is 2. The highest BCUT2D eigenvalue weighted by atomic mass is 19.1. The molecule has 5 heteroatoms. The molecule has 1 aromatic rings. The van der Waals surface area contributed by atoms with Gasteiger partial charge in [0.05, 0.1) is 13.2 Å². The van der Waals surface area contributed by atoms with Crippen molar-refractivity contribution in [1.82, 2.24) is 9.97 Å². The van der Waals surface area contributed by atoms with Crippen LogP contribution in [0.25, 0.3) is 0 Å². The topological polar surface area (TPSA) is 44.2 Å². The van der Waals surface area contributed by atoms with Crippen molar-refractivity contribution in [2.45, 2.75) is 83.8 Å². The van der Waals surface area contributed by atoms with Crippen molar-refractivity contribution >= 4 is 0 Å². The van der Waals surface area contributed by atoms with E-state index in [0.717, 1.165) is 38.9 Å². The first kappa shape index (κ1) is 19.7. The molecule has 2 heterocycles. The van der Waals surface area contributed by atoms with E-state index in [1.54, 1.807) is 6.20 Å². The fourth-order valence-electron chi connectivity index (χ4n) is 4.16. The maximum absolute atomic E-state index is 13.9. The molecule has 0 bridgehead atoms. The van der Waals surface area contributed by atoms with Crippen molar-refractivity contribution in [3.05, 3.63) is 23.5 Å². The van der Waals surface area contributed by atoms with Gasteiger partial charge in [-0.2, -0.15) is 4.39 Å². The fourth-order valence-corrected chi connectivity index (χ4v) is 4.16. The lowest BCUT2D eigenvalue weighted by Gasteiger charge is -2.37. The first-order valence-corrected chi connectivity index (χ1v) is 10.5. The molecule has 0 unspecified atom stereocenters. The molecule has 1 aliphatic carbocycles. The second kappa shape index (κ2) is 9.75. The van der Waals surface area contributed by atoms with Gasteiger partial charge in [-0.25, -0.2) is 9.97 Å². The summed E-state index contributed by atoms with van der Waals surface area (Å²) in [7, 11) is 0. The second-order valence-electron chi connectivity index (χ2n) is 7.91. The predicted octanol–water partition coefficient (Wildman–Crippen LogP) is 5.02. The van der Waals surface area contributed by atoms with Crippen LogP contribution in [0, 0.1) is 17.8 Å². The number of nitrogens with zero attached hydrogens (tertiary/aromatic N) is 2. The number of hydrogen-bond acceptors (Lipinski definition) is 4. The summed E-state index contributed by atoms with van der Waals surface area (Å²) < 4.78 is 26.0. The molecule has 1 saturated heterocycles. The molecule has 0 aromatic carbocycles. The zero-order valence-electron chi connectivity index (χ0n) is 16.3. The molecule has 2 aliphatic rings. The van der Waals surface area contributed by atoms with Crippen molar-refractivity contribution in [2.24, 2.45) is 11.8 Å². The van der Waals surface area contributed by atoms with Gasteiger partial charge >= 0.3 is 0 Å². The number of halogens is 1. The summed E-state index contributed by atoms with van der Waals surface area (Å²) in [6, 6.07) is 0. The van der Waals surface area contributed by atoms with Gasteiger partial charge in [-0.3, -0.25) is 0 Å². The minimum atomic E-state index is -0.354. The highest BCUT2D eigenvalue weighted by Gasteiger charge is 2.33. The molecule has 1 aliphatic heterocycles. The monoisotopic (exact) mass is 364 g/mol. The SMILES string of the molecule is CCCCCC1COC(C2CCC(c3ncc(CC)c(F)n3)CC2)OC1. The van der Waals surface area contributed by atoms with Crippen molar-refractivity contribution in [2.75, 3.05) is 13.2 Å². The van der Waals surface area contributed by atoms with Crippen LogP contribution in [-0.4, -0.2) is 29.5 Å². The highest BCUT2D eigenvalue weighted by Crippen LogP contribution is 2.38. The van der Waals surface area contributed by atoms with E-state index in [-0.39, 0.29) is 18.2 Å². The lowest BCUT2D eigenvalue weighted by molar-refractivity contribution is -0.229. The maximum atomic E-state index is 13.9. The van der Waals surface area contributed by atoms with Crippen LogP contribution in [0.3, 0.4) is 0 Å². The Labute approximate surface area is 156 Å². The lowest BCUT2D eigenvalue weighted by Crippen LogP contribution is -2.38. The van der Waals surface area contributed by atoms with E-state index in [0.29, 0.717) is 29.6 Å². The van der Waals surface area contributed by atoms with Gasteiger partial charge in [-0.1, -0.05) is 33.1 Å². The molecule has 26 heavy (non-hydrogen) atoms. The molecule has 146 valence electrons. The van der Waals surface area contributed by atoms with Gasteiger partial charge in [0.25, 0.3) is 0 Å². The highest BCUT2D eigenvalue weighted by molar-refractivity contribution is 5.10. The van der Waals surface area contributed by atoms with Gasteiger partial charge in [0, 0.05) is 29.5 Å². The van der Waals surface area contributed by atoms with Crippen molar-refractivity contribution in [3.8, 4) is 0 Å². The molecule has 0 amide bonds. The summed E-state index contributed by atoms with van der Waals surface area (Å²) in [4.78, 5) is 8.51. The molecule has 0 atom stereocenters.